The van der Waals surface area contributed by atoms with Crippen molar-refractivity contribution in [1.82, 2.24) is 0 Å². The highest BCUT2D eigenvalue weighted by molar-refractivity contribution is 4.69. The molecule has 0 saturated heterocycles. The van der Waals surface area contributed by atoms with Crippen molar-refractivity contribution in [3.05, 3.63) is 0 Å². The molecular weight excluding hydrogens is 544 g/mol. The van der Waals surface area contributed by atoms with E-state index in [1.165, 1.54) is 0 Å². The Labute approximate surface area is 267 Å². The normalized spacial score (nSPS) is 14.0. The van der Waals surface area contributed by atoms with Crippen LogP contribution < -0.4 is 0 Å². The lowest BCUT2D eigenvalue weighted by molar-refractivity contribution is -0.404. The van der Waals surface area contributed by atoms with E-state index >= 15 is 0 Å². The summed E-state index contributed by atoms with van der Waals surface area (Å²) in [6.07, 6.45) is 17.3. The summed E-state index contributed by atoms with van der Waals surface area (Å²) in [6, 6.07) is 0. The molecule has 0 spiro atoms. The van der Waals surface area contributed by atoms with E-state index in [1.807, 2.05) is 0 Å². The minimum Gasteiger partial charge on any atom is -0.376 e. The van der Waals surface area contributed by atoms with Gasteiger partial charge in [0.2, 0.25) is 0 Å². The van der Waals surface area contributed by atoms with Crippen molar-refractivity contribution < 1.29 is 33.2 Å². The van der Waals surface area contributed by atoms with Crippen LogP contribution in [0.1, 0.15) is 171 Å². The fourth-order valence-electron chi connectivity index (χ4n) is 4.74. The summed E-state index contributed by atoms with van der Waals surface area (Å²) in [4.78, 5) is 0. The van der Waals surface area contributed by atoms with Gasteiger partial charge in [-0.15, -0.1) is 0 Å². The lowest BCUT2D eigenvalue weighted by atomic mass is 10.2. The summed E-state index contributed by atoms with van der Waals surface area (Å²) in [5.74, 6) is -2.03. The van der Waals surface area contributed by atoms with Crippen LogP contribution in [0.2, 0.25) is 0 Å². The molecule has 0 amide bonds. The third-order valence-electron chi connectivity index (χ3n) is 7.47. The predicted octanol–water partition coefficient (Wildman–Crippen LogP) is 10.3. The van der Waals surface area contributed by atoms with Gasteiger partial charge in [0.15, 0.2) is 0 Å². The molecule has 0 fully saturated rings. The van der Waals surface area contributed by atoms with Gasteiger partial charge < -0.3 is 33.2 Å². The summed E-state index contributed by atoms with van der Waals surface area (Å²) >= 11 is 0. The van der Waals surface area contributed by atoms with Crippen LogP contribution in [0.3, 0.4) is 0 Å². The molecule has 0 aromatic carbocycles. The molecule has 7 heteroatoms. The molecule has 0 aromatic rings. The fraction of sp³-hybridized carbons (Fsp3) is 1.00. The van der Waals surface area contributed by atoms with Crippen LogP contribution in [-0.2, 0) is 33.2 Å². The Balaban J connectivity index is 5.69. The zero-order valence-electron chi connectivity index (χ0n) is 30.0. The Bertz CT molecular complexity index is 506. The Morgan fingerprint density at radius 3 is 0.953 bits per heavy atom. The van der Waals surface area contributed by atoms with Crippen molar-refractivity contribution in [2.45, 2.75) is 195 Å². The topological polar surface area (TPSA) is 64.6 Å². The minimum atomic E-state index is -1.02. The highest BCUT2D eigenvalue weighted by Gasteiger charge is 2.38. The Kier molecular flexibility index (Phi) is 29.0. The van der Waals surface area contributed by atoms with Crippen LogP contribution in [0.4, 0.5) is 0 Å². The van der Waals surface area contributed by atoms with Gasteiger partial charge in [-0.05, 0) is 51.4 Å². The summed E-state index contributed by atoms with van der Waals surface area (Å²) < 4.78 is 45.5. The highest BCUT2D eigenvalue weighted by Crippen LogP contribution is 2.29. The van der Waals surface area contributed by atoms with Crippen LogP contribution >= 0.6 is 0 Å². The first kappa shape index (κ1) is 42.7. The third-order valence-corrected chi connectivity index (χ3v) is 7.47. The first-order chi connectivity index (χ1) is 20.9. The van der Waals surface area contributed by atoms with Crippen LogP contribution in [0.25, 0.3) is 0 Å². The van der Waals surface area contributed by atoms with Crippen LogP contribution in [0.5, 0.6) is 0 Å². The zero-order valence-corrected chi connectivity index (χ0v) is 30.0. The Hall–Kier alpha value is -0.280. The zero-order chi connectivity index (χ0) is 32.1. The van der Waals surface area contributed by atoms with Gasteiger partial charge >= 0.3 is 0 Å². The van der Waals surface area contributed by atoms with Crippen molar-refractivity contribution in [3.8, 4) is 0 Å². The molecule has 0 bridgehead atoms. The van der Waals surface area contributed by atoms with Gasteiger partial charge in [-0.3, -0.25) is 0 Å². The summed E-state index contributed by atoms with van der Waals surface area (Å²) in [7, 11) is 0. The smallest absolute Gasteiger partial charge is 0.283 e. The lowest BCUT2D eigenvalue weighted by Gasteiger charge is -2.38. The van der Waals surface area contributed by atoms with E-state index in [-0.39, 0.29) is 12.2 Å². The number of hydrogen-bond donors (Lipinski definition) is 0. The minimum absolute atomic E-state index is 0.126. The number of rotatable bonds is 34. The molecular formula is C36H74O7. The van der Waals surface area contributed by atoms with E-state index in [4.69, 9.17) is 33.2 Å². The van der Waals surface area contributed by atoms with Crippen molar-refractivity contribution in [2.75, 3.05) is 39.6 Å². The van der Waals surface area contributed by atoms with Gasteiger partial charge in [0.1, 0.15) is 0 Å². The average molecular weight is 619 g/mol. The van der Waals surface area contributed by atoms with Gasteiger partial charge in [-0.1, -0.05) is 107 Å². The molecule has 0 saturated carbocycles. The number of hydrogen-bond acceptors (Lipinski definition) is 7. The van der Waals surface area contributed by atoms with Gasteiger partial charge in [0.05, 0.1) is 51.8 Å². The van der Waals surface area contributed by atoms with Crippen molar-refractivity contribution in [1.29, 1.82) is 0 Å². The van der Waals surface area contributed by atoms with Crippen LogP contribution in [-0.4, -0.2) is 63.8 Å². The second kappa shape index (κ2) is 29.1. The van der Waals surface area contributed by atoms with Gasteiger partial charge in [0, 0.05) is 12.8 Å². The summed E-state index contributed by atoms with van der Waals surface area (Å²) in [6.45, 7) is 21.0. The van der Waals surface area contributed by atoms with Gasteiger partial charge in [0.25, 0.3) is 11.9 Å². The second-order valence-corrected chi connectivity index (χ2v) is 12.0. The number of ether oxygens (including phenoxy) is 7. The monoisotopic (exact) mass is 619 g/mol. The first-order valence-electron chi connectivity index (χ1n) is 18.4. The van der Waals surface area contributed by atoms with E-state index < -0.39 is 11.9 Å². The molecule has 2 atom stereocenters. The molecule has 43 heavy (non-hydrogen) atoms. The molecule has 0 radical (unpaired) electrons. The molecule has 0 rings (SSSR count). The quantitative estimate of drug-likeness (QED) is 0.0525. The maximum absolute atomic E-state index is 6.74. The molecule has 0 aliphatic carbocycles. The first-order valence-corrected chi connectivity index (χ1v) is 18.4. The Morgan fingerprint density at radius 2 is 0.698 bits per heavy atom. The standard InChI is InChI=1S/C36H74O7/c1-9-17-25-35(38-27-19-11-3,39-28-20-12-4)42-33(23-15-7)31-37-32-34(24-16-8)43-36(26-18-10-2,40-29-21-13-5)41-30-22-14-6/h33-34H,9-32H2,1-8H3. The maximum atomic E-state index is 6.74. The average Bonchev–Trinajstić information content (AvgIpc) is 2.99. The van der Waals surface area contributed by atoms with E-state index in [0.717, 1.165) is 116 Å². The molecule has 2 unspecified atom stereocenters. The third kappa shape index (κ3) is 21.2. The Morgan fingerprint density at radius 1 is 0.395 bits per heavy atom. The van der Waals surface area contributed by atoms with Crippen LogP contribution in [0.15, 0.2) is 0 Å². The van der Waals surface area contributed by atoms with Gasteiger partial charge in [-0.25, -0.2) is 0 Å². The molecule has 7 nitrogen and oxygen atoms in total. The van der Waals surface area contributed by atoms with E-state index in [0.29, 0.717) is 39.6 Å². The van der Waals surface area contributed by atoms with Crippen LogP contribution in [0, 0.1) is 0 Å². The molecule has 0 aliphatic rings. The van der Waals surface area contributed by atoms with Crippen molar-refractivity contribution in [2.24, 2.45) is 0 Å². The van der Waals surface area contributed by atoms with E-state index in [1.54, 1.807) is 0 Å². The maximum Gasteiger partial charge on any atom is 0.283 e. The van der Waals surface area contributed by atoms with Crippen molar-refractivity contribution >= 4 is 0 Å². The fourth-order valence-corrected chi connectivity index (χ4v) is 4.74. The molecule has 0 aromatic heterocycles. The summed E-state index contributed by atoms with van der Waals surface area (Å²) in [5.41, 5.74) is 0. The van der Waals surface area contributed by atoms with E-state index in [9.17, 15) is 0 Å². The predicted molar refractivity (Wildman–Crippen MR) is 178 cm³/mol. The largest absolute Gasteiger partial charge is 0.376 e. The second-order valence-electron chi connectivity index (χ2n) is 12.0. The van der Waals surface area contributed by atoms with Crippen molar-refractivity contribution in [3.63, 3.8) is 0 Å². The molecule has 0 N–H and O–H groups in total. The SMILES string of the molecule is CCCCOC(CCCC)(OCCCC)OC(CCC)COCC(CCC)OC(CCCC)(OCCCC)OCCCC. The number of unbranched alkanes of at least 4 members (excludes halogenated alkanes) is 6. The molecule has 260 valence electrons. The lowest BCUT2D eigenvalue weighted by Crippen LogP contribution is -2.45. The molecule has 0 heterocycles. The van der Waals surface area contributed by atoms with E-state index in [2.05, 4.69) is 55.4 Å². The van der Waals surface area contributed by atoms with Gasteiger partial charge in [-0.2, -0.15) is 0 Å². The molecule has 0 aliphatic heterocycles. The summed E-state index contributed by atoms with van der Waals surface area (Å²) in [5, 5.41) is 0. The highest BCUT2D eigenvalue weighted by atomic mass is 16.9.